The number of hydrogen-bond acceptors (Lipinski definition) is 3. The molecule has 16 heavy (non-hydrogen) atoms. The molecule has 1 aliphatic carbocycles. The summed E-state index contributed by atoms with van der Waals surface area (Å²) in [6.07, 6.45) is 0.816. The van der Waals surface area contributed by atoms with Crippen molar-refractivity contribution in [3.63, 3.8) is 0 Å². The topological polar surface area (TPSA) is 77.8 Å². The molecule has 3 unspecified atom stereocenters. The molecule has 2 aliphatic rings. The Morgan fingerprint density at radius 3 is 2.25 bits per heavy atom. The smallest absolute Gasteiger partial charge is 0.307 e. The van der Waals surface area contributed by atoms with E-state index in [4.69, 9.17) is 10.2 Å². The van der Waals surface area contributed by atoms with Gasteiger partial charge < -0.3 is 15.1 Å². The Bertz CT molecular complexity index is 311. The first-order chi connectivity index (χ1) is 7.49. The molecule has 5 heteroatoms. The summed E-state index contributed by atoms with van der Waals surface area (Å²) in [5, 5.41) is 18.2. The van der Waals surface area contributed by atoms with Crippen LogP contribution < -0.4 is 0 Å². The molecule has 0 spiro atoms. The Hall–Kier alpha value is -1.10. The molecule has 1 aliphatic heterocycles. The maximum atomic E-state index is 12.0. The van der Waals surface area contributed by atoms with Crippen molar-refractivity contribution in [2.24, 2.45) is 17.8 Å². The highest BCUT2D eigenvalue weighted by Gasteiger charge is 2.44. The van der Waals surface area contributed by atoms with Crippen LogP contribution in [-0.4, -0.2) is 46.2 Å². The lowest BCUT2D eigenvalue weighted by Crippen LogP contribution is -2.55. The van der Waals surface area contributed by atoms with E-state index in [0.29, 0.717) is 31.8 Å². The predicted octanol–water partition coefficient (Wildman–Crippen LogP) is -0.0636. The third-order valence-electron chi connectivity index (χ3n) is 3.61. The van der Waals surface area contributed by atoms with Crippen LogP contribution in [0.4, 0.5) is 0 Å². The second-order valence-corrected chi connectivity index (χ2v) is 5.02. The maximum Gasteiger partial charge on any atom is 0.307 e. The Kier molecular flexibility index (Phi) is 2.88. The predicted molar refractivity (Wildman–Crippen MR) is 55.6 cm³/mol. The summed E-state index contributed by atoms with van der Waals surface area (Å²) in [6.45, 7) is 2.69. The van der Waals surface area contributed by atoms with Crippen LogP contribution in [0.1, 0.15) is 19.8 Å². The monoisotopic (exact) mass is 227 g/mol. The van der Waals surface area contributed by atoms with Gasteiger partial charge in [0.2, 0.25) is 5.91 Å². The lowest BCUT2D eigenvalue weighted by molar-refractivity contribution is -0.154. The van der Waals surface area contributed by atoms with E-state index in [0.717, 1.165) is 0 Å². The molecule has 1 amide bonds. The van der Waals surface area contributed by atoms with E-state index >= 15 is 0 Å². The van der Waals surface area contributed by atoms with Crippen molar-refractivity contribution in [2.75, 3.05) is 13.1 Å². The normalized spacial score (nSPS) is 34.9. The molecule has 0 aromatic rings. The van der Waals surface area contributed by atoms with Crippen molar-refractivity contribution < 1.29 is 19.8 Å². The lowest BCUT2D eigenvalue weighted by atomic mass is 9.93. The van der Waals surface area contributed by atoms with E-state index in [1.165, 1.54) is 0 Å². The van der Waals surface area contributed by atoms with E-state index in [-0.39, 0.29) is 11.8 Å². The molecule has 5 nitrogen and oxygen atoms in total. The van der Waals surface area contributed by atoms with Gasteiger partial charge >= 0.3 is 5.97 Å². The minimum Gasteiger partial charge on any atom is -0.481 e. The van der Waals surface area contributed by atoms with Gasteiger partial charge in [0.05, 0.1) is 17.9 Å². The number of β-amino-alcohol motifs (C(OH)–C–C–N with tert-alkyl or cyclic N) is 1. The van der Waals surface area contributed by atoms with Gasteiger partial charge in [-0.2, -0.15) is 0 Å². The SMILES string of the molecule is CC1CC(C(=O)O)C(C(=O)N2CC(O)C2)C1. The molecular formula is C11H17NO4. The minimum atomic E-state index is -0.872. The largest absolute Gasteiger partial charge is 0.481 e. The van der Waals surface area contributed by atoms with Gasteiger partial charge in [-0.3, -0.25) is 9.59 Å². The molecule has 0 aromatic carbocycles. The zero-order chi connectivity index (χ0) is 11.9. The zero-order valence-electron chi connectivity index (χ0n) is 9.30. The van der Waals surface area contributed by atoms with Gasteiger partial charge in [-0.15, -0.1) is 0 Å². The number of aliphatic hydroxyl groups is 1. The lowest BCUT2D eigenvalue weighted by Gasteiger charge is -2.38. The second kappa shape index (κ2) is 4.05. The molecule has 2 rings (SSSR count). The number of carbonyl (C=O) groups is 2. The van der Waals surface area contributed by atoms with Crippen LogP contribution in [0.15, 0.2) is 0 Å². The number of aliphatic carboxylic acids is 1. The Balaban J connectivity index is 2.02. The fraction of sp³-hybridized carbons (Fsp3) is 0.818. The standard InChI is InChI=1S/C11H17NO4/c1-6-2-8(9(3-6)11(15)16)10(14)12-4-7(13)5-12/h6-9,13H,2-5H2,1H3,(H,15,16). The molecule has 1 saturated heterocycles. The van der Waals surface area contributed by atoms with E-state index in [9.17, 15) is 9.59 Å². The summed E-state index contributed by atoms with van der Waals surface area (Å²) in [5.74, 6) is -1.60. The first kappa shape index (κ1) is 11.4. The molecule has 2 fully saturated rings. The first-order valence-electron chi connectivity index (χ1n) is 5.68. The van der Waals surface area contributed by atoms with Crippen LogP contribution >= 0.6 is 0 Å². The third kappa shape index (κ3) is 1.91. The van der Waals surface area contributed by atoms with Crippen LogP contribution in [-0.2, 0) is 9.59 Å². The van der Waals surface area contributed by atoms with Gasteiger partial charge in [-0.1, -0.05) is 6.92 Å². The van der Waals surface area contributed by atoms with Crippen molar-refractivity contribution in [2.45, 2.75) is 25.9 Å². The van der Waals surface area contributed by atoms with E-state index < -0.39 is 18.0 Å². The van der Waals surface area contributed by atoms with E-state index in [1.807, 2.05) is 6.92 Å². The highest BCUT2D eigenvalue weighted by molar-refractivity contribution is 5.86. The van der Waals surface area contributed by atoms with Crippen LogP contribution in [0, 0.1) is 17.8 Å². The van der Waals surface area contributed by atoms with Gasteiger partial charge in [-0.25, -0.2) is 0 Å². The van der Waals surface area contributed by atoms with Gasteiger partial charge in [0.15, 0.2) is 0 Å². The fourth-order valence-electron chi connectivity index (χ4n) is 2.71. The molecule has 2 N–H and O–H groups in total. The van der Waals surface area contributed by atoms with Gasteiger partial charge in [-0.05, 0) is 18.8 Å². The molecule has 0 bridgehead atoms. The molecule has 0 radical (unpaired) electrons. The molecule has 90 valence electrons. The zero-order valence-corrected chi connectivity index (χ0v) is 9.30. The molecule has 0 aromatic heterocycles. The van der Waals surface area contributed by atoms with Gasteiger partial charge in [0, 0.05) is 13.1 Å². The number of carboxylic acid groups (broad SMARTS) is 1. The van der Waals surface area contributed by atoms with Gasteiger partial charge in [0.25, 0.3) is 0 Å². The Labute approximate surface area is 94.0 Å². The summed E-state index contributed by atoms with van der Waals surface area (Å²) in [5.41, 5.74) is 0. The van der Waals surface area contributed by atoms with Crippen LogP contribution in [0.3, 0.4) is 0 Å². The van der Waals surface area contributed by atoms with Crippen molar-refractivity contribution >= 4 is 11.9 Å². The van der Waals surface area contributed by atoms with Crippen molar-refractivity contribution in [1.82, 2.24) is 4.90 Å². The summed E-state index contributed by atoms with van der Waals surface area (Å²) < 4.78 is 0. The van der Waals surface area contributed by atoms with Crippen LogP contribution in [0.25, 0.3) is 0 Å². The fourth-order valence-corrected chi connectivity index (χ4v) is 2.71. The number of rotatable bonds is 2. The Morgan fingerprint density at radius 2 is 1.75 bits per heavy atom. The maximum absolute atomic E-state index is 12.0. The average molecular weight is 227 g/mol. The number of carboxylic acids is 1. The molecule has 1 saturated carbocycles. The van der Waals surface area contributed by atoms with Gasteiger partial charge in [0.1, 0.15) is 0 Å². The van der Waals surface area contributed by atoms with Crippen molar-refractivity contribution in [3.8, 4) is 0 Å². The summed E-state index contributed by atoms with van der Waals surface area (Å²) in [7, 11) is 0. The summed E-state index contributed by atoms with van der Waals surface area (Å²) in [4.78, 5) is 24.6. The molecule has 3 atom stereocenters. The molecular weight excluding hydrogens is 210 g/mol. The number of hydrogen-bond donors (Lipinski definition) is 2. The van der Waals surface area contributed by atoms with Crippen LogP contribution in [0.5, 0.6) is 0 Å². The number of aliphatic hydroxyl groups excluding tert-OH is 1. The Morgan fingerprint density at radius 1 is 1.19 bits per heavy atom. The van der Waals surface area contributed by atoms with Crippen molar-refractivity contribution in [3.05, 3.63) is 0 Å². The van der Waals surface area contributed by atoms with E-state index in [2.05, 4.69) is 0 Å². The summed E-state index contributed by atoms with van der Waals surface area (Å²) >= 11 is 0. The van der Waals surface area contributed by atoms with Crippen molar-refractivity contribution in [1.29, 1.82) is 0 Å². The number of amides is 1. The molecule has 1 heterocycles. The number of carbonyl (C=O) groups excluding carboxylic acids is 1. The average Bonchev–Trinajstić information content (AvgIpc) is 2.54. The second-order valence-electron chi connectivity index (χ2n) is 5.02. The highest BCUT2D eigenvalue weighted by Crippen LogP contribution is 2.38. The minimum absolute atomic E-state index is 0.0953. The third-order valence-corrected chi connectivity index (χ3v) is 3.61. The quantitative estimate of drug-likeness (QED) is 0.692. The van der Waals surface area contributed by atoms with Crippen LogP contribution in [0.2, 0.25) is 0 Å². The van der Waals surface area contributed by atoms with E-state index in [1.54, 1.807) is 4.90 Å². The first-order valence-corrected chi connectivity index (χ1v) is 5.68. The summed E-state index contributed by atoms with van der Waals surface area (Å²) in [6, 6.07) is 0. The number of likely N-dealkylation sites (tertiary alicyclic amines) is 1. The highest BCUT2D eigenvalue weighted by atomic mass is 16.4. The number of nitrogens with zero attached hydrogens (tertiary/aromatic N) is 1.